The first kappa shape index (κ1) is 23.7. The highest BCUT2D eigenvalue weighted by molar-refractivity contribution is 9.10. The number of aromatic nitrogens is 2. The molecule has 10 heteroatoms. The second-order valence-electron chi connectivity index (χ2n) is 6.75. The third kappa shape index (κ3) is 5.46. The van der Waals surface area contributed by atoms with Crippen molar-refractivity contribution in [2.75, 3.05) is 13.2 Å². The number of aryl methyl sites for hydroxylation is 1. The Morgan fingerprint density at radius 3 is 2.75 bits per heavy atom. The van der Waals surface area contributed by atoms with Crippen molar-refractivity contribution >= 4 is 50.6 Å². The Bertz CT molecular complexity index is 1240. The molecule has 0 saturated heterocycles. The van der Waals surface area contributed by atoms with Gasteiger partial charge in [0.05, 0.1) is 28.7 Å². The molecule has 168 valence electrons. The summed E-state index contributed by atoms with van der Waals surface area (Å²) in [5, 5.41) is 13.9. The van der Waals surface area contributed by atoms with E-state index in [0.717, 1.165) is 10.9 Å². The molecule has 0 aliphatic heterocycles. The monoisotopic (exact) mass is 521 g/mol. The summed E-state index contributed by atoms with van der Waals surface area (Å²) < 4.78 is 12.9. The van der Waals surface area contributed by atoms with E-state index in [4.69, 9.17) is 26.2 Å². The van der Waals surface area contributed by atoms with E-state index in [1.807, 2.05) is 13.0 Å². The normalized spacial score (nSPS) is 11.2. The second kappa shape index (κ2) is 10.6. The number of hydrogen-bond acceptors (Lipinski definition) is 6. The van der Waals surface area contributed by atoms with Crippen molar-refractivity contribution in [2.45, 2.75) is 26.7 Å². The smallest absolute Gasteiger partial charge is 0.341 e. The van der Waals surface area contributed by atoms with Gasteiger partial charge >= 0.3 is 5.97 Å². The Morgan fingerprint density at radius 2 is 2.06 bits per heavy atom. The van der Waals surface area contributed by atoms with Crippen LogP contribution in [0.25, 0.3) is 10.9 Å². The zero-order chi connectivity index (χ0) is 23.3. The van der Waals surface area contributed by atoms with Crippen LogP contribution in [0.1, 0.15) is 31.7 Å². The first-order valence-corrected chi connectivity index (χ1v) is 11.1. The topological polar surface area (TPSA) is 103 Å². The summed E-state index contributed by atoms with van der Waals surface area (Å²) in [6, 6.07) is 8.51. The van der Waals surface area contributed by atoms with Gasteiger partial charge in [-0.15, -0.1) is 0 Å². The molecule has 1 N–H and O–H groups in total. The van der Waals surface area contributed by atoms with Crippen LogP contribution in [0.3, 0.4) is 0 Å². The van der Waals surface area contributed by atoms with Crippen molar-refractivity contribution in [3.8, 4) is 11.5 Å². The fourth-order valence-corrected chi connectivity index (χ4v) is 3.66. The minimum absolute atomic E-state index is 0.133. The minimum atomic E-state index is -1.13. The van der Waals surface area contributed by atoms with Crippen LogP contribution < -0.4 is 15.0 Å². The van der Waals surface area contributed by atoms with Crippen molar-refractivity contribution < 1.29 is 19.4 Å². The zero-order valence-corrected chi connectivity index (χ0v) is 19.8. The Morgan fingerprint density at radius 1 is 1.28 bits per heavy atom. The van der Waals surface area contributed by atoms with Crippen LogP contribution >= 0.6 is 27.5 Å². The Hall–Kier alpha value is -2.91. The van der Waals surface area contributed by atoms with Gasteiger partial charge < -0.3 is 14.6 Å². The molecule has 1 aromatic heterocycles. The molecule has 2 aromatic carbocycles. The van der Waals surface area contributed by atoms with Crippen LogP contribution in [0.4, 0.5) is 0 Å². The molecule has 0 unspecified atom stereocenters. The van der Waals surface area contributed by atoms with Crippen molar-refractivity contribution in [2.24, 2.45) is 5.10 Å². The van der Waals surface area contributed by atoms with E-state index in [-0.39, 0.29) is 22.1 Å². The molecular formula is C22H21BrClN3O5. The number of hydrogen-bond donors (Lipinski definition) is 1. The third-order valence-electron chi connectivity index (χ3n) is 4.34. The van der Waals surface area contributed by atoms with Gasteiger partial charge in [-0.2, -0.15) is 9.78 Å². The number of aliphatic carboxylic acids is 1. The summed E-state index contributed by atoms with van der Waals surface area (Å²) in [6.45, 7) is 3.55. The van der Waals surface area contributed by atoms with Gasteiger partial charge in [0, 0.05) is 10.9 Å². The van der Waals surface area contributed by atoms with Crippen LogP contribution in [0, 0.1) is 0 Å². The summed E-state index contributed by atoms with van der Waals surface area (Å²) >= 11 is 9.68. The number of rotatable bonds is 9. The van der Waals surface area contributed by atoms with Crippen LogP contribution in [0.2, 0.25) is 5.02 Å². The SMILES string of the molecule is CCCc1nc2ccc(Br)cc2c(=O)n1N=Cc1cc(Cl)c(OCC(=O)O)c(OCC)c1. The molecule has 8 nitrogen and oxygen atoms in total. The molecule has 0 radical (unpaired) electrons. The predicted molar refractivity (Wildman–Crippen MR) is 126 cm³/mol. The Kier molecular flexibility index (Phi) is 7.87. The van der Waals surface area contributed by atoms with Gasteiger partial charge in [0.15, 0.2) is 18.1 Å². The lowest BCUT2D eigenvalue weighted by Crippen LogP contribution is -2.22. The summed E-state index contributed by atoms with van der Waals surface area (Å²) in [4.78, 5) is 28.5. The van der Waals surface area contributed by atoms with Gasteiger partial charge in [-0.1, -0.05) is 34.5 Å². The van der Waals surface area contributed by atoms with Crippen LogP contribution in [-0.4, -0.2) is 40.2 Å². The molecular weight excluding hydrogens is 502 g/mol. The lowest BCUT2D eigenvalue weighted by atomic mass is 10.2. The summed E-state index contributed by atoms with van der Waals surface area (Å²) in [7, 11) is 0. The van der Waals surface area contributed by atoms with E-state index >= 15 is 0 Å². The minimum Gasteiger partial charge on any atom is -0.490 e. The standard InChI is InChI=1S/C22H21BrClN3O5/c1-3-5-19-26-17-7-6-14(23)10-15(17)22(30)27(19)25-11-13-8-16(24)21(32-12-20(28)29)18(9-13)31-4-2/h6-11H,3-5,12H2,1-2H3,(H,28,29). The first-order valence-electron chi connectivity index (χ1n) is 9.90. The second-order valence-corrected chi connectivity index (χ2v) is 8.07. The van der Waals surface area contributed by atoms with Crippen molar-refractivity contribution in [1.82, 2.24) is 9.66 Å². The molecule has 32 heavy (non-hydrogen) atoms. The lowest BCUT2D eigenvalue weighted by Gasteiger charge is -2.13. The first-order chi connectivity index (χ1) is 15.3. The van der Waals surface area contributed by atoms with Crippen molar-refractivity contribution in [3.05, 3.63) is 61.6 Å². The maximum absolute atomic E-state index is 13.1. The molecule has 0 bridgehead atoms. The highest BCUT2D eigenvalue weighted by Gasteiger charge is 2.14. The quantitative estimate of drug-likeness (QED) is 0.415. The molecule has 0 spiro atoms. The fraction of sp³-hybridized carbons (Fsp3) is 0.273. The number of carboxylic acids is 1. The van der Waals surface area contributed by atoms with E-state index in [1.165, 1.54) is 10.9 Å². The highest BCUT2D eigenvalue weighted by atomic mass is 79.9. The van der Waals surface area contributed by atoms with Crippen LogP contribution in [0.15, 0.2) is 44.7 Å². The van der Waals surface area contributed by atoms with Crippen LogP contribution in [-0.2, 0) is 11.2 Å². The molecule has 0 aliphatic carbocycles. The van der Waals surface area contributed by atoms with Gasteiger partial charge in [0.1, 0.15) is 5.82 Å². The number of fused-ring (bicyclic) bond motifs is 1. The average molecular weight is 523 g/mol. The van der Waals surface area contributed by atoms with E-state index in [9.17, 15) is 9.59 Å². The fourth-order valence-electron chi connectivity index (χ4n) is 3.02. The van der Waals surface area contributed by atoms with E-state index in [2.05, 4.69) is 26.0 Å². The number of carbonyl (C=O) groups is 1. The average Bonchev–Trinajstić information content (AvgIpc) is 2.74. The highest BCUT2D eigenvalue weighted by Crippen LogP contribution is 2.36. The largest absolute Gasteiger partial charge is 0.490 e. The van der Waals surface area contributed by atoms with E-state index in [1.54, 1.807) is 31.2 Å². The van der Waals surface area contributed by atoms with Gasteiger partial charge in [-0.3, -0.25) is 4.79 Å². The molecule has 0 fully saturated rings. The summed E-state index contributed by atoms with van der Waals surface area (Å²) in [6.07, 6.45) is 2.84. The van der Waals surface area contributed by atoms with E-state index < -0.39 is 12.6 Å². The maximum Gasteiger partial charge on any atom is 0.341 e. The molecule has 1 heterocycles. The number of nitrogens with zero attached hydrogens (tertiary/aromatic N) is 3. The van der Waals surface area contributed by atoms with Crippen molar-refractivity contribution in [1.29, 1.82) is 0 Å². The summed E-state index contributed by atoms with van der Waals surface area (Å²) in [5.41, 5.74) is 0.869. The maximum atomic E-state index is 13.1. The van der Waals surface area contributed by atoms with Crippen LogP contribution in [0.5, 0.6) is 11.5 Å². The van der Waals surface area contributed by atoms with Gasteiger partial charge in [0.25, 0.3) is 5.56 Å². The summed E-state index contributed by atoms with van der Waals surface area (Å²) in [5.74, 6) is -0.174. The molecule has 0 aliphatic rings. The molecule has 0 amide bonds. The molecule has 3 aromatic rings. The number of ether oxygens (including phenoxy) is 2. The van der Waals surface area contributed by atoms with Gasteiger partial charge in [0.2, 0.25) is 0 Å². The zero-order valence-electron chi connectivity index (χ0n) is 17.5. The molecule has 3 rings (SSSR count). The third-order valence-corrected chi connectivity index (χ3v) is 5.12. The predicted octanol–water partition coefficient (Wildman–Crippen LogP) is 4.51. The number of halogens is 2. The van der Waals surface area contributed by atoms with E-state index in [0.29, 0.717) is 35.3 Å². The number of carboxylic acid groups (broad SMARTS) is 1. The molecule has 0 atom stereocenters. The van der Waals surface area contributed by atoms with Gasteiger partial charge in [-0.05, 0) is 49.2 Å². The Labute approximate surface area is 197 Å². The van der Waals surface area contributed by atoms with Gasteiger partial charge in [-0.25, -0.2) is 9.78 Å². The number of benzene rings is 2. The Balaban J connectivity index is 2.06. The molecule has 0 saturated carbocycles. The lowest BCUT2D eigenvalue weighted by molar-refractivity contribution is -0.139. The van der Waals surface area contributed by atoms with Crippen molar-refractivity contribution in [3.63, 3.8) is 0 Å².